The SMILES string of the molecule is Cc1cc(O)cc(CC(=O)O)c1Cl. The van der Waals surface area contributed by atoms with Gasteiger partial charge in [-0.05, 0) is 30.2 Å². The Bertz CT molecular complexity index is 347. The Morgan fingerprint density at radius 2 is 2.15 bits per heavy atom. The average molecular weight is 201 g/mol. The van der Waals surface area contributed by atoms with Crippen molar-refractivity contribution < 1.29 is 15.0 Å². The summed E-state index contributed by atoms with van der Waals surface area (Å²) in [6, 6.07) is 2.86. The lowest BCUT2D eigenvalue weighted by atomic mass is 10.1. The molecule has 0 fully saturated rings. The second-order valence-electron chi connectivity index (χ2n) is 2.81. The second-order valence-corrected chi connectivity index (χ2v) is 3.18. The van der Waals surface area contributed by atoms with Crippen molar-refractivity contribution in [2.45, 2.75) is 13.3 Å². The van der Waals surface area contributed by atoms with E-state index in [2.05, 4.69) is 0 Å². The third-order valence-corrected chi connectivity index (χ3v) is 2.20. The molecule has 70 valence electrons. The lowest BCUT2D eigenvalue weighted by molar-refractivity contribution is -0.136. The van der Waals surface area contributed by atoms with E-state index in [1.54, 1.807) is 6.92 Å². The number of carboxylic acid groups (broad SMARTS) is 1. The van der Waals surface area contributed by atoms with Crippen LogP contribution in [0.1, 0.15) is 11.1 Å². The van der Waals surface area contributed by atoms with Gasteiger partial charge in [-0.25, -0.2) is 0 Å². The summed E-state index contributed by atoms with van der Waals surface area (Å²) >= 11 is 5.83. The van der Waals surface area contributed by atoms with Gasteiger partial charge in [-0.15, -0.1) is 0 Å². The number of aliphatic carboxylic acids is 1. The molecule has 1 aromatic rings. The summed E-state index contributed by atoms with van der Waals surface area (Å²) in [6.07, 6.45) is -0.173. The van der Waals surface area contributed by atoms with Crippen LogP contribution in [0.2, 0.25) is 5.02 Å². The van der Waals surface area contributed by atoms with Gasteiger partial charge in [0.15, 0.2) is 0 Å². The van der Waals surface area contributed by atoms with Crippen LogP contribution in [0.3, 0.4) is 0 Å². The minimum absolute atomic E-state index is 0.0400. The van der Waals surface area contributed by atoms with E-state index in [1.165, 1.54) is 12.1 Å². The number of phenols is 1. The first-order valence-electron chi connectivity index (χ1n) is 3.70. The number of aromatic hydroxyl groups is 1. The fourth-order valence-corrected chi connectivity index (χ4v) is 1.29. The molecule has 0 aromatic heterocycles. The van der Waals surface area contributed by atoms with Crippen LogP contribution in [0.15, 0.2) is 12.1 Å². The van der Waals surface area contributed by atoms with Crippen LogP contribution in [0, 0.1) is 6.92 Å². The van der Waals surface area contributed by atoms with Gasteiger partial charge in [0, 0.05) is 5.02 Å². The molecule has 13 heavy (non-hydrogen) atoms. The lowest BCUT2D eigenvalue weighted by Gasteiger charge is -2.05. The molecule has 0 spiro atoms. The van der Waals surface area contributed by atoms with Crippen molar-refractivity contribution in [3.05, 3.63) is 28.3 Å². The molecule has 0 aliphatic carbocycles. The van der Waals surface area contributed by atoms with Crippen molar-refractivity contribution in [3.63, 3.8) is 0 Å². The number of aryl methyl sites for hydroxylation is 1. The number of rotatable bonds is 2. The quantitative estimate of drug-likeness (QED) is 0.768. The van der Waals surface area contributed by atoms with E-state index in [-0.39, 0.29) is 12.2 Å². The van der Waals surface area contributed by atoms with Gasteiger partial charge in [0.05, 0.1) is 6.42 Å². The minimum atomic E-state index is -0.966. The first kappa shape index (κ1) is 9.86. The summed E-state index contributed by atoms with van der Waals surface area (Å²) in [5.41, 5.74) is 1.12. The molecule has 0 aliphatic heterocycles. The highest BCUT2D eigenvalue weighted by atomic mass is 35.5. The Morgan fingerprint density at radius 1 is 1.54 bits per heavy atom. The summed E-state index contributed by atoms with van der Waals surface area (Å²) in [5, 5.41) is 18.1. The van der Waals surface area contributed by atoms with E-state index in [4.69, 9.17) is 16.7 Å². The van der Waals surface area contributed by atoms with Gasteiger partial charge in [0.2, 0.25) is 0 Å². The number of benzene rings is 1. The molecule has 0 radical (unpaired) electrons. The van der Waals surface area contributed by atoms with E-state index in [9.17, 15) is 9.90 Å². The van der Waals surface area contributed by atoms with E-state index in [0.717, 1.165) is 0 Å². The van der Waals surface area contributed by atoms with Crippen LogP contribution in [0.25, 0.3) is 0 Å². The van der Waals surface area contributed by atoms with Crippen LogP contribution in [0.5, 0.6) is 5.75 Å². The molecule has 0 heterocycles. The molecule has 4 heteroatoms. The largest absolute Gasteiger partial charge is 0.508 e. The number of carbonyl (C=O) groups is 1. The summed E-state index contributed by atoms with van der Waals surface area (Å²) in [6.45, 7) is 1.72. The van der Waals surface area contributed by atoms with E-state index in [1.807, 2.05) is 0 Å². The number of hydrogen-bond acceptors (Lipinski definition) is 2. The molecule has 0 unspecified atom stereocenters. The summed E-state index contributed by atoms with van der Waals surface area (Å²) < 4.78 is 0. The number of halogens is 1. The summed E-state index contributed by atoms with van der Waals surface area (Å²) in [4.78, 5) is 10.4. The van der Waals surface area contributed by atoms with Gasteiger partial charge in [0.25, 0.3) is 0 Å². The zero-order chi connectivity index (χ0) is 10.0. The molecule has 1 aromatic carbocycles. The molecule has 0 atom stereocenters. The number of hydrogen-bond donors (Lipinski definition) is 2. The smallest absolute Gasteiger partial charge is 0.307 e. The maximum Gasteiger partial charge on any atom is 0.307 e. The van der Waals surface area contributed by atoms with Crippen molar-refractivity contribution in [3.8, 4) is 5.75 Å². The van der Waals surface area contributed by atoms with Crippen molar-refractivity contribution in [2.75, 3.05) is 0 Å². The van der Waals surface area contributed by atoms with Crippen LogP contribution in [-0.4, -0.2) is 16.2 Å². The zero-order valence-corrected chi connectivity index (χ0v) is 7.80. The summed E-state index contributed by atoms with van der Waals surface area (Å²) in [5.74, 6) is -0.926. The second kappa shape index (κ2) is 3.66. The first-order chi connectivity index (χ1) is 6.00. The molecule has 2 N–H and O–H groups in total. The van der Waals surface area contributed by atoms with Crippen molar-refractivity contribution in [1.29, 1.82) is 0 Å². The Morgan fingerprint density at radius 3 is 2.69 bits per heavy atom. The van der Waals surface area contributed by atoms with Gasteiger partial charge in [-0.1, -0.05) is 11.6 Å². The lowest BCUT2D eigenvalue weighted by Crippen LogP contribution is -2.01. The minimum Gasteiger partial charge on any atom is -0.508 e. The maximum absolute atomic E-state index is 10.4. The third kappa shape index (κ3) is 2.36. The molecular formula is C9H9ClO3. The molecule has 3 nitrogen and oxygen atoms in total. The van der Waals surface area contributed by atoms with Gasteiger partial charge in [-0.3, -0.25) is 4.79 Å². The fourth-order valence-electron chi connectivity index (χ4n) is 1.11. The highest BCUT2D eigenvalue weighted by Crippen LogP contribution is 2.26. The van der Waals surface area contributed by atoms with Gasteiger partial charge >= 0.3 is 5.97 Å². The molecule has 0 amide bonds. The Balaban J connectivity index is 3.12. The monoisotopic (exact) mass is 200 g/mol. The maximum atomic E-state index is 10.4. The van der Waals surface area contributed by atoms with Crippen LogP contribution in [0.4, 0.5) is 0 Å². The topological polar surface area (TPSA) is 57.5 Å². The van der Waals surface area contributed by atoms with Crippen molar-refractivity contribution in [1.82, 2.24) is 0 Å². The Hall–Kier alpha value is -1.22. The average Bonchev–Trinajstić information content (AvgIpc) is 1.98. The van der Waals surface area contributed by atoms with Crippen LogP contribution >= 0.6 is 11.6 Å². The van der Waals surface area contributed by atoms with Gasteiger partial charge < -0.3 is 10.2 Å². The summed E-state index contributed by atoms with van der Waals surface area (Å²) in [7, 11) is 0. The number of carboxylic acids is 1. The van der Waals surface area contributed by atoms with Crippen LogP contribution < -0.4 is 0 Å². The normalized spacial score (nSPS) is 10.0. The molecule has 0 bridgehead atoms. The van der Waals surface area contributed by atoms with Crippen molar-refractivity contribution in [2.24, 2.45) is 0 Å². The first-order valence-corrected chi connectivity index (χ1v) is 4.08. The predicted octanol–water partition coefficient (Wildman–Crippen LogP) is 1.98. The predicted molar refractivity (Wildman–Crippen MR) is 49.2 cm³/mol. The molecular weight excluding hydrogens is 192 g/mol. The highest BCUT2D eigenvalue weighted by molar-refractivity contribution is 6.32. The standard InChI is InChI=1S/C9H9ClO3/c1-5-2-7(11)3-6(9(5)10)4-8(12)13/h2-3,11H,4H2,1H3,(H,12,13). The fraction of sp³-hybridized carbons (Fsp3) is 0.222. The molecule has 0 aliphatic rings. The van der Waals surface area contributed by atoms with E-state index < -0.39 is 5.97 Å². The molecule has 1 rings (SSSR count). The number of phenolic OH excluding ortho intramolecular Hbond substituents is 1. The Kier molecular flexibility index (Phi) is 2.78. The Labute approximate surface area is 80.6 Å². The zero-order valence-electron chi connectivity index (χ0n) is 7.04. The van der Waals surface area contributed by atoms with Crippen molar-refractivity contribution >= 4 is 17.6 Å². The highest BCUT2D eigenvalue weighted by Gasteiger charge is 2.08. The van der Waals surface area contributed by atoms with Gasteiger partial charge in [0.1, 0.15) is 5.75 Å². The van der Waals surface area contributed by atoms with Gasteiger partial charge in [-0.2, -0.15) is 0 Å². The van der Waals surface area contributed by atoms with E-state index in [0.29, 0.717) is 16.1 Å². The third-order valence-electron chi connectivity index (χ3n) is 1.66. The molecule has 0 saturated heterocycles. The van der Waals surface area contributed by atoms with E-state index >= 15 is 0 Å². The molecule has 0 saturated carbocycles. The van der Waals surface area contributed by atoms with Crippen LogP contribution in [-0.2, 0) is 11.2 Å².